The van der Waals surface area contributed by atoms with E-state index in [-0.39, 0.29) is 12.1 Å². The Balaban J connectivity index is 1.89. The summed E-state index contributed by atoms with van der Waals surface area (Å²) in [6, 6.07) is 0.242. The normalized spacial score (nSPS) is 28.0. The van der Waals surface area contributed by atoms with Crippen molar-refractivity contribution < 1.29 is 9.53 Å². The average Bonchev–Trinajstić information content (AvgIpc) is 2.91. The van der Waals surface area contributed by atoms with Gasteiger partial charge in [0.15, 0.2) is 0 Å². The van der Waals surface area contributed by atoms with Gasteiger partial charge in [0.25, 0.3) is 0 Å². The van der Waals surface area contributed by atoms with Crippen molar-refractivity contribution in [3.05, 3.63) is 0 Å². The standard InChI is InChI=1S/C17H32N2O2/c1-4-21-17(20)18-16-9-15(13(2)3)11-19(12-16)10-14-7-5-6-8-14/h13-16H,4-12H2,1-3H3,(H,18,20). The minimum absolute atomic E-state index is 0.242. The van der Waals surface area contributed by atoms with Crippen LogP contribution in [0.1, 0.15) is 52.9 Å². The second kappa shape index (κ2) is 8.02. The number of hydrogen-bond acceptors (Lipinski definition) is 3. The summed E-state index contributed by atoms with van der Waals surface area (Å²) in [6.45, 7) is 10.3. The number of carbonyl (C=O) groups excluding carboxylic acids is 1. The predicted molar refractivity (Wildman–Crippen MR) is 85.3 cm³/mol. The molecule has 1 amide bonds. The van der Waals surface area contributed by atoms with Crippen LogP contribution in [0.25, 0.3) is 0 Å². The summed E-state index contributed by atoms with van der Waals surface area (Å²) in [7, 11) is 0. The molecule has 1 aliphatic carbocycles. The van der Waals surface area contributed by atoms with Gasteiger partial charge in [-0.2, -0.15) is 0 Å². The third-order valence-corrected chi connectivity index (χ3v) is 5.09. The summed E-state index contributed by atoms with van der Waals surface area (Å²) < 4.78 is 5.04. The Bertz CT molecular complexity index is 325. The highest BCUT2D eigenvalue weighted by molar-refractivity contribution is 5.67. The molecule has 2 fully saturated rings. The lowest BCUT2D eigenvalue weighted by molar-refractivity contribution is 0.0921. The highest BCUT2D eigenvalue weighted by Crippen LogP contribution is 2.29. The molecule has 122 valence electrons. The molecule has 21 heavy (non-hydrogen) atoms. The molecule has 0 aromatic heterocycles. The molecule has 0 spiro atoms. The Kier molecular flexibility index (Phi) is 6.34. The number of alkyl carbamates (subject to hydrolysis) is 1. The Morgan fingerprint density at radius 1 is 1.29 bits per heavy atom. The fourth-order valence-corrected chi connectivity index (χ4v) is 3.87. The fraction of sp³-hybridized carbons (Fsp3) is 0.941. The first kappa shape index (κ1) is 16.6. The Hall–Kier alpha value is -0.770. The molecular formula is C17H32N2O2. The van der Waals surface area contributed by atoms with Crippen LogP contribution in [-0.4, -0.2) is 43.3 Å². The van der Waals surface area contributed by atoms with Gasteiger partial charge in [-0.1, -0.05) is 26.7 Å². The lowest BCUT2D eigenvalue weighted by atomic mass is 9.85. The van der Waals surface area contributed by atoms with E-state index in [9.17, 15) is 4.79 Å². The van der Waals surface area contributed by atoms with Gasteiger partial charge in [-0.3, -0.25) is 0 Å². The highest BCUT2D eigenvalue weighted by atomic mass is 16.5. The summed E-state index contributed by atoms with van der Waals surface area (Å²) in [4.78, 5) is 14.3. The monoisotopic (exact) mass is 296 g/mol. The van der Waals surface area contributed by atoms with Crippen molar-refractivity contribution in [1.82, 2.24) is 10.2 Å². The molecule has 2 rings (SSSR count). The molecule has 2 aliphatic rings. The topological polar surface area (TPSA) is 41.6 Å². The van der Waals surface area contributed by atoms with Gasteiger partial charge < -0.3 is 15.0 Å². The van der Waals surface area contributed by atoms with E-state index < -0.39 is 0 Å². The van der Waals surface area contributed by atoms with Crippen LogP contribution in [0.3, 0.4) is 0 Å². The van der Waals surface area contributed by atoms with Crippen molar-refractivity contribution in [2.24, 2.45) is 17.8 Å². The van der Waals surface area contributed by atoms with Gasteiger partial charge >= 0.3 is 6.09 Å². The van der Waals surface area contributed by atoms with Gasteiger partial charge in [-0.05, 0) is 43.9 Å². The predicted octanol–water partition coefficient (Wildman–Crippen LogP) is 3.27. The Morgan fingerprint density at radius 3 is 2.62 bits per heavy atom. The smallest absolute Gasteiger partial charge is 0.407 e. The molecule has 2 atom stereocenters. The van der Waals surface area contributed by atoms with E-state index in [0.717, 1.165) is 18.9 Å². The first-order valence-corrected chi connectivity index (χ1v) is 8.74. The number of carbonyl (C=O) groups is 1. The molecule has 0 aromatic carbocycles. The van der Waals surface area contributed by atoms with E-state index >= 15 is 0 Å². The van der Waals surface area contributed by atoms with Gasteiger partial charge in [-0.15, -0.1) is 0 Å². The maximum Gasteiger partial charge on any atom is 0.407 e. The van der Waals surface area contributed by atoms with Gasteiger partial charge in [-0.25, -0.2) is 4.79 Å². The summed E-state index contributed by atoms with van der Waals surface area (Å²) in [5, 5.41) is 3.06. The van der Waals surface area contributed by atoms with Crippen molar-refractivity contribution >= 4 is 6.09 Å². The maximum absolute atomic E-state index is 11.7. The van der Waals surface area contributed by atoms with Crippen LogP contribution in [0.5, 0.6) is 0 Å². The second-order valence-electron chi connectivity index (χ2n) is 7.17. The van der Waals surface area contributed by atoms with E-state index in [4.69, 9.17) is 4.74 Å². The molecule has 4 nitrogen and oxygen atoms in total. The van der Waals surface area contributed by atoms with E-state index in [1.165, 1.54) is 38.8 Å². The van der Waals surface area contributed by atoms with Gasteiger partial charge in [0.2, 0.25) is 0 Å². The molecule has 0 bridgehead atoms. The number of nitrogens with one attached hydrogen (secondary N) is 1. The van der Waals surface area contributed by atoms with E-state index in [1.54, 1.807) is 0 Å². The second-order valence-corrected chi connectivity index (χ2v) is 7.17. The average molecular weight is 296 g/mol. The fourth-order valence-electron chi connectivity index (χ4n) is 3.87. The molecule has 1 heterocycles. The van der Waals surface area contributed by atoms with Crippen molar-refractivity contribution in [2.75, 3.05) is 26.2 Å². The van der Waals surface area contributed by atoms with E-state index in [0.29, 0.717) is 18.4 Å². The number of nitrogens with zero attached hydrogens (tertiary/aromatic N) is 1. The van der Waals surface area contributed by atoms with Crippen LogP contribution in [0.2, 0.25) is 0 Å². The number of rotatable bonds is 5. The number of amides is 1. The Morgan fingerprint density at radius 2 is 2.00 bits per heavy atom. The zero-order chi connectivity index (χ0) is 15.2. The molecule has 0 aromatic rings. The van der Waals surface area contributed by atoms with Crippen molar-refractivity contribution in [2.45, 2.75) is 58.9 Å². The van der Waals surface area contributed by atoms with Gasteiger partial charge in [0.1, 0.15) is 0 Å². The first-order chi connectivity index (χ1) is 10.1. The summed E-state index contributed by atoms with van der Waals surface area (Å²) in [6.07, 6.45) is 6.40. The number of piperidine rings is 1. The van der Waals surface area contributed by atoms with E-state index in [2.05, 4.69) is 24.1 Å². The number of likely N-dealkylation sites (tertiary alicyclic amines) is 1. The zero-order valence-electron chi connectivity index (χ0n) is 13.9. The molecule has 1 saturated carbocycles. The van der Waals surface area contributed by atoms with Crippen LogP contribution >= 0.6 is 0 Å². The van der Waals surface area contributed by atoms with Crippen LogP contribution in [0.15, 0.2) is 0 Å². The lowest BCUT2D eigenvalue weighted by Crippen LogP contribution is -2.52. The third-order valence-electron chi connectivity index (χ3n) is 5.09. The molecular weight excluding hydrogens is 264 g/mol. The van der Waals surface area contributed by atoms with E-state index in [1.807, 2.05) is 6.92 Å². The Labute approximate surface area is 129 Å². The molecule has 2 unspecified atom stereocenters. The minimum Gasteiger partial charge on any atom is -0.450 e. The summed E-state index contributed by atoms with van der Waals surface area (Å²) in [5.74, 6) is 2.22. The van der Waals surface area contributed by atoms with Crippen LogP contribution < -0.4 is 5.32 Å². The summed E-state index contributed by atoms with van der Waals surface area (Å²) in [5.41, 5.74) is 0. The van der Waals surface area contributed by atoms with Crippen molar-refractivity contribution in [3.8, 4) is 0 Å². The lowest BCUT2D eigenvalue weighted by Gasteiger charge is -2.40. The SMILES string of the molecule is CCOC(=O)NC1CC(C(C)C)CN(CC2CCCC2)C1. The quantitative estimate of drug-likeness (QED) is 0.846. The zero-order valence-corrected chi connectivity index (χ0v) is 13.9. The third kappa shape index (κ3) is 5.17. The molecule has 1 saturated heterocycles. The summed E-state index contributed by atoms with van der Waals surface area (Å²) >= 11 is 0. The number of ether oxygens (including phenoxy) is 1. The van der Waals surface area contributed by atoms with Crippen LogP contribution in [0.4, 0.5) is 4.79 Å². The van der Waals surface area contributed by atoms with Crippen LogP contribution in [-0.2, 0) is 4.74 Å². The molecule has 1 aliphatic heterocycles. The maximum atomic E-state index is 11.7. The minimum atomic E-state index is -0.257. The highest BCUT2D eigenvalue weighted by Gasteiger charge is 2.31. The van der Waals surface area contributed by atoms with Gasteiger partial charge in [0, 0.05) is 25.7 Å². The molecule has 0 radical (unpaired) electrons. The van der Waals surface area contributed by atoms with Crippen molar-refractivity contribution in [1.29, 1.82) is 0 Å². The van der Waals surface area contributed by atoms with Crippen LogP contribution in [0, 0.1) is 17.8 Å². The van der Waals surface area contributed by atoms with Gasteiger partial charge in [0.05, 0.1) is 6.61 Å². The number of hydrogen-bond donors (Lipinski definition) is 1. The van der Waals surface area contributed by atoms with Crippen molar-refractivity contribution in [3.63, 3.8) is 0 Å². The largest absolute Gasteiger partial charge is 0.450 e. The molecule has 4 heteroatoms. The molecule has 1 N–H and O–H groups in total. The first-order valence-electron chi connectivity index (χ1n) is 8.74.